The van der Waals surface area contributed by atoms with Crippen LogP contribution in [0, 0.1) is 16.5 Å². The maximum atomic E-state index is 14.5. The summed E-state index contributed by atoms with van der Waals surface area (Å²) in [5.41, 5.74) is -2.29. The summed E-state index contributed by atoms with van der Waals surface area (Å²) in [6.45, 7) is 4.99. The minimum absolute atomic E-state index is 0.144. The van der Waals surface area contributed by atoms with Crippen molar-refractivity contribution >= 4 is 29.8 Å². The van der Waals surface area contributed by atoms with Gasteiger partial charge in [-0.3, -0.25) is 10.7 Å². The van der Waals surface area contributed by atoms with Crippen molar-refractivity contribution in [3.05, 3.63) is 118 Å². The molecule has 0 saturated carbocycles. The van der Waals surface area contributed by atoms with Gasteiger partial charge in [-0.15, -0.1) is 0 Å². The molecule has 38 heavy (non-hydrogen) atoms. The summed E-state index contributed by atoms with van der Waals surface area (Å²) < 4.78 is 6.00. The van der Waals surface area contributed by atoms with Crippen molar-refractivity contribution in [1.82, 2.24) is 0 Å². The maximum absolute atomic E-state index is 14.5. The topological polar surface area (TPSA) is 119 Å². The summed E-state index contributed by atoms with van der Waals surface area (Å²) in [7, 11) is 0. The average molecular weight is 506 g/mol. The number of hydroxylamine groups is 1. The minimum atomic E-state index is -2.20. The number of rotatable bonds is 5. The number of carbonyl (C=O) groups is 2. The maximum Gasteiger partial charge on any atom is 0.421 e. The third kappa shape index (κ3) is 4.47. The molecule has 2 atom stereocenters. The minimum Gasteiger partial charge on any atom is -0.762 e. The first kappa shape index (κ1) is 26.1. The predicted molar refractivity (Wildman–Crippen MR) is 144 cm³/mol. The van der Waals surface area contributed by atoms with Crippen LogP contribution in [0.25, 0.3) is 5.41 Å². The number of amides is 2. The van der Waals surface area contributed by atoms with E-state index in [1.54, 1.807) is 99.6 Å². The first-order chi connectivity index (χ1) is 18.1. The molecule has 0 N–H and O–H groups in total. The van der Waals surface area contributed by atoms with Crippen LogP contribution in [-0.4, -0.2) is 34.4 Å². The standard InChI is InChI=1S/C30H25N4O4/c1-29(2,3)38-28(36)34-25-17-11-10-16-24(25)30(27(34)35,33(37)20-21-12-6-4-7-13-21)26(23(18-31)19-32)22-14-8-5-9-15-22/h4-17,20,26H,1-3H3/q-1/b33-20-/t26-,30+/m1/s1. The number of ether oxygens (including phenoxy) is 1. The van der Waals surface area contributed by atoms with Crippen molar-refractivity contribution in [2.75, 3.05) is 4.90 Å². The highest BCUT2D eigenvalue weighted by Crippen LogP contribution is 2.52. The number of para-hydroxylation sites is 1. The van der Waals surface area contributed by atoms with Gasteiger partial charge in [-0.1, -0.05) is 60.7 Å². The van der Waals surface area contributed by atoms with E-state index in [4.69, 9.17) is 4.74 Å². The van der Waals surface area contributed by atoms with Crippen molar-refractivity contribution in [1.29, 1.82) is 5.26 Å². The molecule has 1 heterocycles. The number of fused-ring (bicyclic) bond motifs is 1. The second kappa shape index (κ2) is 10.2. The van der Waals surface area contributed by atoms with E-state index in [0.29, 0.717) is 15.9 Å². The summed E-state index contributed by atoms with van der Waals surface area (Å²) in [5, 5.41) is 34.4. The van der Waals surface area contributed by atoms with Gasteiger partial charge in [0, 0.05) is 5.56 Å². The summed E-state index contributed by atoms with van der Waals surface area (Å²) in [4.78, 5) is 28.7. The number of carbonyl (C=O) groups excluding carboxylic acids is 2. The molecule has 0 unspecified atom stereocenters. The van der Waals surface area contributed by atoms with Gasteiger partial charge in [0.1, 0.15) is 17.6 Å². The normalized spacial score (nSPS) is 17.7. The molecule has 0 bridgehead atoms. The van der Waals surface area contributed by atoms with E-state index in [1.165, 1.54) is 12.3 Å². The van der Waals surface area contributed by atoms with Gasteiger partial charge in [-0.2, -0.15) is 10.0 Å². The molecular formula is C30H25N4O4-. The molecule has 0 fully saturated rings. The van der Waals surface area contributed by atoms with Crippen molar-refractivity contribution in [2.24, 2.45) is 0 Å². The Morgan fingerprint density at radius 3 is 2.21 bits per heavy atom. The average Bonchev–Trinajstić information content (AvgIpc) is 3.16. The Hall–Kier alpha value is -4.99. The van der Waals surface area contributed by atoms with Crippen molar-refractivity contribution in [3.8, 4) is 6.07 Å². The molecule has 8 nitrogen and oxygen atoms in total. The van der Waals surface area contributed by atoms with Crippen molar-refractivity contribution in [2.45, 2.75) is 37.8 Å². The zero-order chi connectivity index (χ0) is 27.5. The van der Waals surface area contributed by atoms with Crippen LogP contribution in [0.15, 0.2) is 90.5 Å². The Kier molecular flexibility index (Phi) is 6.98. The number of hydrogen-bond acceptors (Lipinski definition) is 5. The Labute approximate surface area is 220 Å². The molecule has 0 aromatic heterocycles. The highest BCUT2D eigenvalue weighted by molar-refractivity contribution is 6.21. The lowest BCUT2D eigenvalue weighted by molar-refractivity contribution is -0.538. The van der Waals surface area contributed by atoms with Crippen LogP contribution in [0.3, 0.4) is 0 Å². The predicted octanol–water partition coefficient (Wildman–Crippen LogP) is 5.27. The van der Waals surface area contributed by atoms with Crippen LogP contribution < -0.4 is 4.90 Å². The SMILES string of the molecule is CC(C)(C)OC(=O)N1C(=O)[C@]([C@@H](C(=C=[N-])C#N)c2ccccc2)(/[N+]([O-])=C/c2ccccc2)c2ccccc21. The van der Waals surface area contributed by atoms with Crippen LogP contribution in [0.1, 0.15) is 43.4 Å². The smallest absolute Gasteiger partial charge is 0.421 e. The van der Waals surface area contributed by atoms with Gasteiger partial charge in [0.15, 0.2) is 6.21 Å². The molecule has 3 aromatic carbocycles. The monoisotopic (exact) mass is 505 g/mol. The van der Waals surface area contributed by atoms with Gasteiger partial charge in [0.05, 0.1) is 16.8 Å². The molecule has 0 radical (unpaired) electrons. The number of anilines is 1. The van der Waals surface area contributed by atoms with Crippen LogP contribution in [0.2, 0.25) is 0 Å². The molecule has 0 spiro atoms. The Morgan fingerprint density at radius 1 is 1.05 bits per heavy atom. The zero-order valence-corrected chi connectivity index (χ0v) is 21.2. The molecule has 3 aromatic rings. The molecule has 8 heteroatoms. The fourth-order valence-electron chi connectivity index (χ4n) is 4.69. The van der Waals surface area contributed by atoms with Gasteiger partial charge in [-0.05, 0) is 50.6 Å². The number of hydrogen-bond donors (Lipinski definition) is 0. The first-order valence-corrected chi connectivity index (χ1v) is 11.9. The first-order valence-electron chi connectivity index (χ1n) is 11.9. The lowest BCUT2D eigenvalue weighted by atomic mass is 9.71. The second-order valence-electron chi connectivity index (χ2n) is 9.75. The highest BCUT2D eigenvalue weighted by Gasteiger charge is 2.66. The van der Waals surface area contributed by atoms with E-state index in [1.807, 2.05) is 11.9 Å². The fourth-order valence-corrected chi connectivity index (χ4v) is 4.69. The molecule has 0 aliphatic carbocycles. The van der Waals surface area contributed by atoms with Gasteiger partial charge in [-0.25, -0.2) is 9.69 Å². The van der Waals surface area contributed by atoms with Crippen molar-refractivity contribution < 1.29 is 19.1 Å². The fraction of sp³-hybridized carbons (Fsp3) is 0.200. The molecule has 2 amide bonds. The third-order valence-corrected chi connectivity index (χ3v) is 6.15. The summed E-state index contributed by atoms with van der Waals surface area (Å²) in [5.74, 6) is -0.366. The lowest BCUT2D eigenvalue weighted by Crippen LogP contribution is -2.53. The summed E-state index contributed by atoms with van der Waals surface area (Å²) in [6, 6.07) is 25.3. The van der Waals surface area contributed by atoms with E-state index >= 15 is 0 Å². The number of benzene rings is 3. The summed E-state index contributed by atoms with van der Waals surface area (Å²) >= 11 is 0. The molecule has 1 aliphatic rings. The molecule has 4 rings (SSSR count). The third-order valence-electron chi connectivity index (χ3n) is 6.15. The van der Waals surface area contributed by atoms with E-state index in [0.717, 1.165) is 4.90 Å². The quantitative estimate of drug-likeness (QED) is 0.154. The Morgan fingerprint density at radius 2 is 1.63 bits per heavy atom. The van der Waals surface area contributed by atoms with Crippen molar-refractivity contribution in [3.63, 3.8) is 0 Å². The van der Waals surface area contributed by atoms with Gasteiger partial charge in [0.2, 0.25) is 0 Å². The highest BCUT2D eigenvalue weighted by atomic mass is 16.6. The van der Waals surface area contributed by atoms with E-state index in [9.17, 15) is 25.5 Å². The number of nitriles is 1. The lowest BCUT2D eigenvalue weighted by Gasteiger charge is -2.34. The van der Waals surface area contributed by atoms with Crippen LogP contribution in [0.4, 0.5) is 10.5 Å². The van der Waals surface area contributed by atoms with Gasteiger partial charge >= 0.3 is 12.0 Å². The Balaban J connectivity index is 2.11. The van der Waals surface area contributed by atoms with Gasteiger partial charge < -0.3 is 15.4 Å². The zero-order valence-electron chi connectivity index (χ0n) is 21.2. The second-order valence-corrected chi connectivity index (χ2v) is 9.75. The van der Waals surface area contributed by atoms with Crippen LogP contribution in [0.5, 0.6) is 0 Å². The van der Waals surface area contributed by atoms with E-state index in [2.05, 4.69) is 0 Å². The molecule has 1 aliphatic heterocycles. The van der Waals surface area contributed by atoms with Crippen LogP contribution in [-0.2, 0) is 15.1 Å². The van der Waals surface area contributed by atoms with E-state index < -0.39 is 29.1 Å². The molecular weight excluding hydrogens is 480 g/mol. The summed E-state index contributed by atoms with van der Waals surface area (Å²) in [6.07, 6.45) is 0.266. The largest absolute Gasteiger partial charge is 0.762 e. The molecule has 190 valence electrons. The Bertz CT molecular complexity index is 1500. The molecule has 0 saturated heterocycles. The number of nitrogens with zero attached hydrogens (tertiary/aromatic N) is 4. The number of imide groups is 1. The van der Waals surface area contributed by atoms with Crippen LogP contribution >= 0.6 is 0 Å². The van der Waals surface area contributed by atoms with Gasteiger partial charge in [0.25, 0.3) is 5.54 Å². The van der Waals surface area contributed by atoms with E-state index in [-0.39, 0.29) is 16.8 Å².